The number of benzene rings is 1. The Labute approximate surface area is 211 Å². The minimum atomic E-state index is -4.54. The molecule has 7 nitrogen and oxygen atoms in total. The molecule has 0 radical (unpaired) electrons. The molecule has 200 valence electrons. The summed E-state index contributed by atoms with van der Waals surface area (Å²) in [5.41, 5.74) is 1.62. The van der Waals surface area contributed by atoms with Crippen molar-refractivity contribution in [1.29, 1.82) is 0 Å². The molecule has 2 aliphatic rings. The standard InChI is InChI=1S/C26H29F4N3O4/c1-15-9-19(24(36-15)26(28,29)30)12-31-11-17-3-5-18(6-4-17)22-8-7-20(10-23(22)27)33-14-21(37-25(33)35)13-32-16(2)34/h3,5-10,17,21,25,31,35H,4,11-14H2,1-2H3,(H,32,34)/t17?,21-,25?/m0/s1. The zero-order valence-corrected chi connectivity index (χ0v) is 20.4. The maximum atomic E-state index is 15.0. The summed E-state index contributed by atoms with van der Waals surface area (Å²) in [6, 6.07) is 6.04. The lowest BCUT2D eigenvalue weighted by Gasteiger charge is -2.22. The predicted octanol–water partition coefficient (Wildman–Crippen LogP) is 4.11. The molecule has 1 saturated heterocycles. The maximum absolute atomic E-state index is 15.0. The van der Waals surface area contributed by atoms with Crippen LogP contribution in [-0.4, -0.2) is 43.2 Å². The van der Waals surface area contributed by atoms with Crippen LogP contribution in [0.3, 0.4) is 0 Å². The molecule has 2 aromatic rings. The largest absolute Gasteiger partial charge is 0.456 e. The number of halogens is 4. The van der Waals surface area contributed by atoms with E-state index < -0.39 is 30.3 Å². The third-order valence-electron chi connectivity index (χ3n) is 6.26. The van der Waals surface area contributed by atoms with Crippen molar-refractivity contribution < 1.29 is 36.6 Å². The Morgan fingerprint density at radius 2 is 2.03 bits per heavy atom. The van der Waals surface area contributed by atoms with Crippen molar-refractivity contribution in [1.82, 2.24) is 10.6 Å². The molecule has 1 aromatic carbocycles. The molecule has 0 saturated carbocycles. The second-order valence-corrected chi connectivity index (χ2v) is 9.19. The topological polar surface area (TPSA) is 87.0 Å². The molecule has 0 spiro atoms. The highest BCUT2D eigenvalue weighted by Crippen LogP contribution is 2.34. The van der Waals surface area contributed by atoms with E-state index in [9.17, 15) is 27.5 Å². The molecule has 3 N–H and O–H groups in total. The van der Waals surface area contributed by atoms with Gasteiger partial charge in [0.05, 0.1) is 12.6 Å². The molecule has 2 unspecified atom stereocenters. The average Bonchev–Trinajstić information content (AvgIpc) is 3.40. The maximum Gasteiger partial charge on any atom is 0.449 e. The van der Waals surface area contributed by atoms with Crippen molar-refractivity contribution in [2.45, 2.75) is 45.5 Å². The molecule has 37 heavy (non-hydrogen) atoms. The summed E-state index contributed by atoms with van der Waals surface area (Å²) < 4.78 is 64.5. The van der Waals surface area contributed by atoms with E-state index >= 15 is 0 Å². The summed E-state index contributed by atoms with van der Waals surface area (Å²) in [6.07, 6.45) is -0.00931. The van der Waals surface area contributed by atoms with E-state index in [1.807, 2.05) is 12.2 Å². The first-order chi connectivity index (χ1) is 17.5. The lowest BCUT2D eigenvalue weighted by atomic mass is 9.92. The fourth-order valence-corrected chi connectivity index (χ4v) is 4.46. The van der Waals surface area contributed by atoms with Gasteiger partial charge in [0.1, 0.15) is 11.6 Å². The van der Waals surface area contributed by atoms with Crippen LogP contribution in [0.5, 0.6) is 0 Å². The van der Waals surface area contributed by atoms with Crippen LogP contribution in [0.1, 0.15) is 36.0 Å². The number of anilines is 1. The summed E-state index contributed by atoms with van der Waals surface area (Å²) in [7, 11) is 0. The number of nitrogens with zero attached hydrogens (tertiary/aromatic N) is 1. The lowest BCUT2D eigenvalue weighted by molar-refractivity contribution is -0.154. The number of carbonyl (C=O) groups excluding carboxylic acids is 1. The number of aliphatic hydroxyl groups is 1. The summed E-state index contributed by atoms with van der Waals surface area (Å²) in [4.78, 5) is 12.6. The van der Waals surface area contributed by atoms with Crippen molar-refractivity contribution in [2.75, 3.05) is 24.5 Å². The van der Waals surface area contributed by atoms with Gasteiger partial charge < -0.3 is 29.8 Å². The highest BCUT2D eigenvalue weighted by atomic mass is 19.4. The van der Waals surface area contributed by atoms with Gasteiger partial charge in [-0.1, -0.05) is 18.2 Å². The monoisotopic (exact) mass is 523 g/mol. The fourth-order valence-electron chi connectivity index (χ4n) is 4.46. The first-order valence-electron chi connectivity index (χ1n) is 11.9. The highest BCUT2D eigenvalue weighted by molar-refractivity contribution is 5.76. The van der Waals surface area contributed by atoms with E-state index in [1.54, 1.807) is 18.2 Å². The van der Waals surface area contributed by atoms with Crippen molar-refractivity contribution >= 4 is 17.2 Å². The first-order valence-corrected chi connectivity index (χ1v) is 11.9. The number of aryl methyl sites for hydroxylation is 1. The third kappa shape index (κ3) is 6.60. The summed E-state index contributed by atoms with van der Waals surface area (Å²) in [5.74, 6) is -1.39. The van der Waals surface area contributed by atoms with E-state index in [4.69, 9.17) is 9.15 Å². The lowest BCUT2D eigenvalue weighted by Crippen LogP contribution is -2.33. The summed E-state index contributed by atoms with van der Waals surface area (Å²) in [5, 5.41) is 15.9. The number of allylic oxidation sites excluding steroid dienone is 3. The number of carbonyl (C=O) groups is 1. The minimum absolute atomic E-state index is 0.0287. The zero-order chi connectivity index (χ0) is 26.7. The quantitative estimate of drug-likeness (QED) is 0.452. The van der Waals surface area contributed by atoms with Gasteiger partial charge in [-0.3, -0.25) is 4.79 Å². The van der Waals surface area contributed by atoms with Gasteiger partial charge in [0.25, 0.3) is 0 Å². The smallest absolute Gasteiger partial charge is 0.449 e. The van der Waals surface area contributed by atoms with E-state index in [2.05, 4.69) is 10.6 Å². The number of alkyl halides is 3. The first kappa shape index (κ1) is 26.9. The normalized spacial score (nSPS) is 21.9. The third-order valence-corrected chi connectivity index (χ3v) is 6.26. The van der Waals surface area contributed by atoms with E-state index in [-0.39, 0.29) is 36.2 Å². The van der Waals surface area contributed by atoms with Gasteiger partial charge >= 0.3 is 6.18 Å². The van der Waals surface area contributed by atoms with Crippen molar-refractivity contribution in [2.24, 2.45) is 5.92 Å². The van der Waals surface area contributed by atoms with Crippen LogP contribution in [0.2, 0.25) is 0 Å². The molecule has 1 aliphatic carbocycles. The minimum Gasteiger partial charge on any atom is -0.456 e. The van der Waals surface area contributed by atoms with Crippen LogP contribution >= 0.6 is 0 Å². The molecular formula is C26H29F4N3O4. The SMILES string of the molecule is CC(=O)NC[C@H]1CN(c2ccc(C3=CCC(CNCc4cc(C)oc4C(F)(F)F)C=C3)c(F)c2)C(O)O1. The van der Waals surface area contributed by atoms with Crippen LogP contribution in [0, 0.1) is 18.7 Å². The average molecular weight is 524 g/mol. The van der Waals surface area contributed by atoms with E-state index in [0.717, 1.165) is 0 Å². The van der Waals surface area contributed by atoms with Crippen molar-refractivity contribution in [3.8, 4) is 0 Å². The van der Waals surface area contributed by atoms with Crippen LogP contribution < -0.4 is 15.5 Å². The molecule has 4 rings (SSSR count). The Balaban J connectivity index is 1.32. The number of rotatable bonds is 8. The Bertz CT molecular complexity index is 1190. The van der Waals surface area contributed by atoms with Crippen LogP contribution in [0.25, 0.3) is 5.57 Å². The van der Waals surface area contributed by atoms with Gasteiger partial charge in [-0.15, -0.1) is 0 Å². The molecule has 1 fully saturated rings. The fraction of sp³-hybridized carbons (Fsp3) is 0.423. The van der Waals surface area contributed by atoms with E-state index in [0.29, 0.717) is 36.3 Å². The number of furan rings is 1. The van der Waals surface area contributed by atoms with Gasteiger partial charge in [-0.2, -0.15) is 13.2 Å². The van der Waals surface area contributed by atoms with Gasteiger partial charge in [-0.25, -0.2) is 4.39 Å². The molecule has 1 aromatic heterocycles. The molecule has 1 amide bonds. The van der Waals surface area contributed by atoms with Crippen molar-refractivity contribution in [3.05, 3.63) is 71.0 Å². The highest BCUT2D eigenvalue weighted by Gasteiger charge is 2.38. The number of nitrogens with one attached hydrogen (secondary N) is 2. The molecular weight excluding hydrogens is 494 g/mol. The number of amides is 1. The molecule has 0 bridgehead atoms. The Morgan fingerprint density at radius 1 is 1.24 bits per heavy atom. The van der Waals surface area contributed by atoms with Crippen LogP contribution in [-0.2, 0) is 22.3 Å². The summed E-state index contributed by atoms with van der Waals surface area (Å²) >= 11 is 0. The predicted molar refractivity (Wildman–Crippen MR) is 129 cm³/mol. The molecule has 2 heterocycles. The van der Waals surface area contributed by atoms with Crippen LogP contribution in [0.4, 0.5) is 23.2 Å². The zero-order valence-electron chi connectivity index (χ0n) is 20.4. The number of aliphatic hydroxyl groups excluding tert-OH is 1. The van der Waals surface area contributed by atoms with Crippen molar-refractivity contribution in [3.63, 3.8) is 0 Å². The van der Waals surface area contributed by atoms with Gasteiger partial charge in [0, 0.05) is 43.4 Å². The van der Waals surface area contributed by atoms with Gasteiger partial charge in [0.15, 0.2) is 0 Å². The van der Waals surface area contributed by atoms with Crippen LogP contribution in [0.15, 0.2) is 46.9 Å². The Morgan fingerprint density at radius 3 is 2.68 bits per heavy atom. The van der Waals surface area contributed by atoms with Gasteiger partial charge in [0.2, 0.25) is 18.1 Å². The van der Waals surface area contributed by atoms with E-state index in [1.165, 1.54) is 30.9 Å². The second-order valence-electron chi connectivity index (χ2n) is 9.19. The molecule has 3 atom stereocenters. The Hall–Kier alpha value is -3.15. The number of ether oxygens (including phenoxy) is 1. The van der Waals surface area contributed by atoms with Gasteiger partial charge in [-0.05, 0) is 49.1 Å². The molecule has 11 heteroatoms. The summed E-state index contributed by atoms with van der Waals surface area (Å²) in [6.45, 7) is 3.88. The number of hydrogen-bond donors (Lipinski definition) is 3. The molecule has 1 aliphatic heterocycles. The Kier molecular flexibility index (Phi) is 8.05. The number of hydrogen-bond acceptors (Lipinski definition) is 6. The second kappa shape index (κ2) is 11.1.